The number of amides is 1. The maximum atomic E-state index is 12.2. The first kappa shape index (κ1) is 15.6. The fourth-order valence-electron chi connectivity index (χ4n) is 2.27. The highest BCUT2D eigenvalue weighted by molar-refractivity contribution is 5.94. The molecule has 0 bridgehead atoms. The first-order chi connectivity index (χ1) is 10.1. The molecule has 0 radical (unpaired) electrons. The highest BCUT2D eigenvalue weighted by Gasteiger charge is 2.25. The molecule has 1 aliphatic rings. The van der Waals surface area contributed by atoms with E-state index in [0.717, 1.165) is 17.7 Å². The van der Waals surface area contributed by atoms with Crippen molar-refractivity contribution in [2.24, 2.45) is 0 Å². The summed E-state index contributed by atoms with van der Waals surface area (Å²) in [6, 6.07) is 6.22. The number of aliphatic hydroxyl groups is 1. The van der Waals surface area contributed by atoms with E-state index in [1.54, 1.807) is 6.07 Å². The van der Waals surface area contributed by atoms with Crippen molar-refractivity contribution in [3.05, 3.63) is 34.9 Å². The summed E-state index contributed by atoms with van der Waals surface area (Å²) >= 11 is 0. The lowest BCUT2D eigenvalue weighted by Crippen LogP contribution is -2.34. The highest BCUT2D eigenvalue weighted by Crippen LogP contribution is 2.24. The Morgan fingerprint density at radius 1 is 1.43 bits per heavy atom. The average Bonchev–Trinajstić information content (AvgIpc) is 3.28. The van der Waals surface area contributed by atoms with Crippen LogP contribution in [-0.4, -0.2) is 48.7 Å². The third kappa shape index (κ3) is 4.89. The number of nitrogens with one attached hydrogen (secondary N) is 1. The Balaban J connectivity index is 1.92. The van der Waals surface area contributed by atoms with Gasteiger partial charge in [-0.3, -0.25) is 4.79 Å². The summed E-state index contributed by atoms with van der Waals surface area (Å²) in [7, 11) is 2.10. The number of aryl methyl sites for hydroxylation is 1. The Morgan fingerprint density at radius 3 is 2.86 bits per heavy atom. The van der Waals surface area contributed by atoms with Crippen molar-refractivity contribution < 1.29 is 9.90 Å². The molecule has 0 spiro atoms. The lowest BCUT2D eigenvalue weighted by atomic mass is 10.1. The zero-order valence-electron chi connectivity index (χ0n) is 12.6. The molecule has 0 aliphatic heterocycles. The van der Waals surface area contributed by atoms with Gasteiger partial charge in [-0.05, 0) is 50.6 Å². The van der Waals surface area contributed by atoms with Gasteiger partial charge < -0.3 is 15.3 Å². The first-order valence-electron chi connectivity index (χ1n) is 7.30. The normalized spacial score (nSPS) is 13.7. The smallest absolute Gasteiger partial charge is 0.251 e. The zero-order chi connectivity index (χ0) is 15.2. The number of benzene rings is 1. The van der Waals surface area contributed by atoms with Crippen LogP contribution in [-0.2, 0) is 0 Å². The van der Waals surface area contributed by atoms with Crippen molar-refractivity contribution in [2.45, 2.75) is 25.8 Å². The van der Waals surface area contributed by atoms with Gasteiger partial charge in [0.25, 0.3) is 5.91 Å². The van der Waals surface area contributed by atoms with Gasteiger partial charge in [0, 0.05) is 30.3 Å². The van der Waals surface area contributed by atoms with Crippen LogP contribution in [0.25, 0.3) is 0 Å². The molecule has 0 saturated heterocycles. The van der Waals surface area contributed by atoms with Crippen molar-refractivity contribution >= 4 is 5.91 Å². The number of hydrogen-bond donors (Lipinski definition) is 2. The van der Waals surface area contributed by atoms with Gasteiger partial charge in [-0.1, -0.05) is 11.8 Å². The maximum absolute atomic E-state index is 12.2. The third-order valence-corrected chi connectivity index (χ3v) is 3.57. The minimum atomic E-state index is -0.178. The van der Waals surface area contributed by atoms with E-state index in [-0.39, 0.29) is 12.5 Å². The van der Waals surface area contributed by atoms with Crippen molar-refractivity contribution in [3.8, 4) is 11.8 Å². The molecular formula is C17H22N2O2. The molecule has 4 heteroatoms. The molecule has 1 aromatic rings. The number of rotatable bonds is 5. The van der Waals surface area contributed by atoms with Gasteiger partial charge in [0.2, 0.25) is 0 Å². The number of carbonyl (C=O) groups excluding carboxylic acids is 1. The van der Waals surface area contributed by atoms with Crippen LogP contribution in [0.1, 0.15) is 34.3 Å². The second kappa shape index (κ2) is 7.26. The van der Waals surface area contributed by atoms with Crippen LogP contribution in [0.5, 0.6) is 0 Å². The van der Waals surface area contributed by atoms with E-state index >= 15 is 0 Å². The van der Waals surface area contributed by atoms with Crippen molar-refractivity contribution in [3.63, 3.8) is 0 Å². The molecule has 0 heterocycles. The SMILES string of the molecule is Cc1cc(C#CCO)cc(C(=O)NCCN(C)C2CC2)c1. The number of aliphatic hydroxyl groups excluding tert-OH is 1. The molecule has 0 aromatic heterocycles. The molecule has 2 rings (SSSR count). The summed E-state index contributed by atoms with van der Waals surface area (Å²) in [6.45, 7) is 3.28. The largest absolute Gasteiger partial charge is 0.384 e. The van der Waals surface area contributed by atoms with Crippen LogP contribution in [0, 0.1) is 18.8 Å². The second-order valence-corrected chi connectivity index (χ2v) is 5.52. The van der Waals surface area contributed by atoms with E-state index in [2.05, 4.69) is 29.1 Å². The summed E-state index contributed by atoms with van der Waals surface area (Å²) in [4.78, 5) is 14.4. The van der Waals surface area contributed by atoms with E-state index < -0.39 is 0 Å². The molecule has 112 valence electrons. The van der Waals surface area contributed by atoms with Crippen LogP contribution < -0.4 is 5.32 Å². The van der Waals surface area contributed by atoms with Crippen LogP contribution in [0.2, 0.25) is 0 Å². The molecule has 0 atom stereocenters. The Hall–Kier alpha value is -1.83. The molecule has 4 nitrogen and oxygen atoms in total. The molecule has 1 saturated carbocycles. The quantitative estimate of drug-likeness (QED) is 0.799. The Labute approximate surface area is 126 Å². The minimum absolute atomic E-state index is 0.0741. The molecule has 1 aromatic carbocycles. The van der Waals surface area contributed by atoms with Gasteiger partial charge in [-0.15, -0.1) is 0 Å². The van der Waals surface area contributed by atoms with Gasteiger partial charge in [0.05, 0.1) is 0 Å². The summed E-state index contributed by atoms with van der Waals surface area (Å²) in [6.07, 6.45) is 2.55. The number of hydrogen-bond acceptors (Lipinski definition) is 3. The molecular weight excluding hydrogens is 264 g/mol. The third-order valence-electron chi connectivity index (χ3n) is 3.57. The molecule has 21 heavy (non-hydrogen) atoms. The zero-order valence-corrected chi connectivity index (χ0v) is 12.6. The van der Waals surface area contributed by atoms with Crippen LogP contribution in [0.4, 0.5) is 0 Å². The highest BCUT2D eigenvalue weighted by atomic mass is 16.2. The van der Waals surface area contributed by atoms with E-state index in [1.165, 1.54) is 12.8 Å². The Bertz CT molecular complexity index is 568. The Morgan fingerprint density at radius 2 is 2.19 bits per heavy atom. The predicted octanol–water partition coefficient (Wildman–Crippen LogP) is 1.16. The molecule has 1 aliphatic carbocycles. The first-order valence-corrected chi connectivity index (χ1v) is 7.30. The van der Waals surface area contributed by atoms with Crippen molar-refractivity contribution in [1.29, 1.82) is 0 Å². The summed E-state index contributed by atoms with van der Waals surface area (Å²) < 4.78 is 0. The van der Waals surface area contributed by atoms with Gasteiger partial charge in [0.1, 0.15) is 6.61 Å². The molecule has 1 fully saturated rings. The van der Waals surface area contributed by atoms with Crippen LogP contribution in [0.3, 0.4) is 0 Å². The van der Waals surface area contributed by atoms with Crippen LogP contribution in [0.15, 0.2) is 18.2 Å². The summed E-state index contributed by atoms with van der Waals surface area (Å²) in [5.74, 6) is 5.37. The summed E-state index contributed by atoms with van der Waals surface area (Å²) in [5.41, 5.74) is 2.36. The molecule has 1 amide bonds. The predicted molar refractivity (Wildman–Crippen MR) is 83.1 cm³/mol. The maximum Gasteiger partial charge on any atom is 0.251 e. The van der Waals surface area contributed by atoms with Gasteiger partial charge >= 0.3 is 0 Å². The fraction of sp³-hybridized carbons (Fsp3) is 0.471. The minimum Gasteiger partial charge on any atom is -0.384 e. The van der Waals surface area contributed by atoms with Gasteiger partial charge in [-0.2, -0.15) is 0 Å². The number of carbonyl (C=O) groups is 1. The Kier molecular flexibility index (Phi) is 5.38. The van der Waals surface area contributed by atoms with Crippen molar-refractivity contribution in [1.82, 2.24) is 10.2 Å². The number of likely N-dealkylation sites (N-methyl/N-ethyl adjacent to an activating group) is 1. The van der Waals surface area contributed by atoms with Crippen molar-refractivity contribution in [2.75, 3.05) is 26.7 Å². The standard InChI is InChI=1S/C17H22N2O2/c1-13-10-14(4-3-9-20)12-15(11-13)17(21)18-7-8-19(2)16-5-6-16/h10-12,16,20H,5-9H2,1-2H3,(H,18,21). The molecule has 0 unspecified atom stereocenters. The van der Waals surface area contributed by atoms with E-state index in [9.17, 15) is 4.79 Å². The average molecular weight is 286 g/mol. The van der Waals surface area contributed by atoms with E-state index in [0.29, 0.717) is 18.2 Å². The molecule has 2 N–H and O–H groups in total. The summed E-state index contributed by atoms with van der Waals surface area (Å²) in [5, 5.41) is 11.7. The lowest BCUT2D eigenvalue weighted by molar-refractivity contribution is 0.0949. The van der Waals surface area contributed by atoms with Gasteiger partial charge in [-0.25, -0.2) is 0 Å². The lowest BCUT2D eigenvalue weighted by Gasteiger charge is -2.15. The van der Waals surface area contributed by atoms with E-state index in [1.807, 2.05) is 19.1 Å². The van der Waals surface area contributed by atoms with Gasteiger partial charge in [0.15, 0.2) is 0 Å². The van der Waals surface area contributed by atoms with E-state index in [4.69, 9.17) is 5.11 Å². The topological polar surface area (TPSA) is 52.6 Å². The number of nitrogens with zero attached hydrogens (tertiary/aromatic N) is 1. The monoisotopic (exact) mass is 286 g/mol. The second-order valence-electron chi connectivity index (χ2n) is 5.52. The van der Waals surface area contributed by atoms with Crippen LogP contribution >= 0.6 is 0 Å². The fourth-order valence-corrected chi connectivity index (χ4v) is 2.27.